The summed E-state index contributed by atoms with van der Waals surface area (Å²) in [5.74, 6) is 1.08. The monoisotopic (exact) mass is 457 g/mol. The quantitative estimate of drug-likeness (QED) is 0.382. The van der Waals surface area contributed by atoms with Gasteiger partial charge in [-0.3, -0.25) is 9.59 Å². The molecule has 0 radical (unpaired) electrons. The number of H-pyrrole nitrogens is 1. The lowest BCUT2D eigenvalue weighted by Crippen LogP contribution is -2.28. The van der Waals surface area contributed by atoms with Gasteiger partial charge >= 0.3 is 0 Å². The molecule has 2 N–H and O–H groups in total. The highest BCUT2D eigenvalue weighted by molar-refractivity contribution is 7.13. The van der Waals surface area contributed by atoms with Crippen LogP contribution in [0.5, 0.6) is 5.75 Å². The van der Waals surface area contributed by atoms with Gasteiger partial charge < -0.3 is 15.0 Å². The highest BCUT2D eigenvalue weighted by Crippen LogP contribution is 2.26. The summed E-state index contributed by atoms with van der Waals surface area (Å²) in [4.78, 5) is 33.8. The number of hydrogen-bond acceptors (Lipinski definition) is 6. The van der Waals surface area contributed by atoms with Gasteiger partial charge in [-0.25, -0.2) is 9.67 Å². The number of fused-ring (bicyclic) bond motifs is 1. The van der Waals surface area contributed by atoms with E-state index in [0.717, 1.165) is 21.7 Å². The third-order valence-corrected chi connectivity index (χ3v) is 5.79. The Morgan fingerprint density at radius 2 is 1.94 bits per heavy atom. The molecule has 3 heterocycles. The molecule has 0 saturated carbocycles. The number of aromatic nitrogens is 4. The predicted molar refractivity (Wildman–Crippen MR) is 128 cm³/mol. The number of hydrogen-bond donors (Lipinski definition) is 2. The Kier molecular flexibility index (Phi) is 5.69. The van der Waals surface area contributed by atoms with Crippen LogP contribution in [0.2, 0.25) is 0 Å². The molecule has 164 valence electrons. The van der Waals surface area contributed by atoms with Gasteiger partial charge in [-0.2, -0.15) is 5.10 Å². The van der Waals surface area contributed by atoms with Gasteiger partial charge in [0.1, 0.15) is 23.9 Å². The maximum absolute atomic E-state index is 12.8. The van der Waals surface area contributed by atoms with Crippen LogP contribution in [-0.4, -0.2) is 32.3 Å². The third-order valence-electron chi connectivity index (χ3n) is 4.91. The molecule has 0 spiro atoms. The summed E-state index contributed by atoms with van der Waals surface area (Å²) in [5, 5.41) is 9.02. The van der Waals surface area contributed by atoms with Crippen molar-refractivity contribution in [3.05, 3.63) is 94.2 Å². The topological polar surface area (TPSA) is 102 Å². The summed E-state index contributed by atoms with van der Waals surface area (Å²) in [6, 6.07) is 21.5. The second kappa shape index (κ2) is 9.09. The Bertz CT molecular complexity index is 1460. The molecule has 33 heavy (non-hydrogen) atoms. The standard InChI is InChI=1S/C24H19N5O3S/c30-22-11-10-19(28-29(22)12-13-32-17-5-2-1-3-6-17)24(31)25-16-8-9-18-20(15-16)27-23(26-18)21-7-4-14-33-21/h1-11,14-15H,12-13H2,(H,25,31)(H,26,27). The Hall–Kier alpha value is -4.24. The minimum atomic E-state index is -0.412. The number of anilines is 1. The zero-order chi connectivity index (χ0) is 22.6. The number of carbonyl (C=O) groups is 1. The lowest BCUT2D eigenvalue weighted by molar-refractivity contribution is 0.101. The number of nitrogens with zero attached hydrogens (tertiary/aromatic N) is 3. The van der Waals surface area contributed by atoms with Crippen LogP contribution in [-0.2, 0) is 6.54 Å². The molecular weight excluding hydrogens is 438 g/mol. The Morgan fingerprint density at radius 1 is 1.06 bits per heavy atom. The fraction of sp³-hybridized carbons (Fsp3) is 0.0833. The molecule has 0 fully saturated rings. The Balaban J connectivity index is 1.28. The molecule has 0 atom stereocenters. The fourth-order valence-electron chi connectivity index (χ4n) is 3.31. The van der Waals surface area contributed by atoms with Crippen molar-refractivity contribution in [2.75, 3.05) is 11.9 Å². The molecule has 0 aliphatic rings. The van der Waals surface area contributed by atoms with Gasteiger partial charge in [0.05, 0.1) is 22.5 Å². The van der Waals surface area contributed by atoms with Gasteiger partial charge in [0.25, 0.3) is 11.5 Å². The van der Waals surface area contributed by atoms with E-state index < -0.39 is 5.91 Å². The molecule has 0 unspecified atom stereocenters. The zero-order valence-corrected chi connectivity index (χ0v) is 18.2. The van der Waals surface area contributed by atoms with Crippen molar-refractivity contribution in [3.8, 4) is 16.5 Å². The summed E-state index contributed by atoms with van der Waals surface area (Å²) in [7, 11) is 0. The van der Waals surface area contributed by atoms with Crippen molar-refractivity contribution in [1.29, 1.82) is 0 Å². The first-order valence-corrected chi connectivity index (χ1v) is 11.1. The van der Waals surface area contributed by atoms with Gasteiger partial charge in [0.2, 0.25) is 0 Å². The number of amides is 1. The minimum Gasteiger partial charge on any atom is -0.492 e. The van der Waals surface area contributed by atoms with Crippen LogP contribution < -0.4 is 15.6 Å². The van der Waals surface area contributed by atoms with Crippen LogP contribution in [0.3, 0.4) is 0 Å². The SMILES string of the molecule is O=C(Nc1ccc2nc(-c3cccs3)[nH]c2c1)c1ccc(=O)n(CCOc2ccccc2)n1. The molecule has 2 aromatic carbocycles. The molecule has 0 saturated heterocycles. The largest absolute Gasteiger partial charge is 0.492 e. The molecule has 5 rings (SSSR count). The third kappa shape index (κ3) is 4.68. The summed E-state index contributed by atoms with van der Waals surface area (Å²) < 4.78 is 6.85. The number of aromatic amines is 1. The van der Waals surface area contributed by atoms with E-state index in [4.69, 9.17) is 4.74 Å². The number of thiophene rings is 1. The van der Waals surface area contributed by atoms with Crippen LogP contribution in [0.1, 0.15) is 10.5 Å². The molecule has 5 aromatic rings. The summed E-state index contributed by atoms with van der Waals surface area (Å²) in [6.07, 6.45) is 0. The number of ether oxygens (including phenoxy) is 1. The number of para-hydroxylation sites is 1. The Labute approximate surface area is 192 Å². The van der Waals surface area contributed by atoms with Gasteiger partial charge in [-0.05, 0) is 47.8 Å². The van der Waals surface area contributed by atoms with E-state index in [1.807, 2.05) is 60.0 Å². The van der Waals surface area contributed by atoms with Crippen molar-refractivity contribution in [1.82, 2.24) is 19.7 Å². The lowest BCUT2D eigenvalue weighted by Gasteiger charge is -2.09. The van der Waals surface area contributed by atoms with E-state index in [9.17, 15) is 9.59 Å². The van der Waals surface area contributed by atoms with Crippen LogP contribution in [0.25, 0.3) is 21.7 Å². The number of imidazole rings is 1. The molecule has 3 aromatic heterocycles. The number of carbonyl (C=O) groups excluding carboxylic acids is 1. The first kappa shape index (κ1) is 20.7. The van der Waals surface area contributed by atoms with Crippen molar-refractivity contribution < 1.29 is 9.53 Å². The van der Waals surface area contributed by atoms with Crippen molar-refractivity contribution in [2.24, 2.45) is 0 Å². The molecule has 1 amide bonds. The van der Waals surface area contributed by atoms with E-state index >= 15 is 0 Å². The number of nitrogens with one attached hydrogen (secondary N) is 2. The Morgan fingerprint density at radius 3 is 2.76 bits per heavy atom. The van der Waals surface area contributed by atoms with Crippen LogP contribution in [0.4, 0.5) is 5.69 Å². The van der Waals surface area contributed by atoms with E-state index in [0.29, 0.717) is 11.4 Å². The van der Waals surface area contributed by atoms with E-state index in [-0.39, 0.29) is 24.4 Å². The fourth-order valence-corrected chi connectivity index (χ4v) is 3.98. The van der Waals surface area contributed by atoms with Crippen LogP contribution in [0, 0.1) is 0 Å². The van der Waals surface area contributed by atoms with Gasteiger partial charge in [0, 0.05) is 11.8 Å². The zero-order valence-electron chi connectivity index (χ0n) is 17.4. The first-order valence-electron chi connectivity index (χ1n) is 10.3. The van der Waals surface area contributed by atoms with E-state index in [2.05, 4.69) is 20.4 Å². The van der Waals surface area contributed by atoms with Crippen molar-refractivity contribution in [3.63, 3.8) is 0 Å². The van der Waals surface area contributed by atoms with Crippen LogP contribution >= 0.6 is 11.3 Å². The molecule has 8 nitrogen and oxygen atoms in total. The maximum Gasteiger partial charge on any atom is 0.276 e. The summed E-state index contributed by atoms with van der Waals surface area (Å²) in [5.41, 5.74) is 2.05. The minimum absolute atomic E-state index is 0.137. The molecular formula is C24H19N5O3S. The highest BCUT2D eigenvalue weighted by Gasteiger charge is 2.12. The average molecular weight is 458 g/mol. The summed E-state index contributed by atoms with van der Waals surface area (Å²) in [6.45, 7) is 0.478. The predicted octanol–water partition coefficient (Wildman–Crippen LogP) is 4.18. The maximum atomic E-state index is 12.8. The molecule has 0 aliphatic heterocycles. The first-order chi connectivity index (χ1) is 16.2. The molecule has 0 bridgehead atoms. The number of rotatable bonds is 7. The average Bonchev–Trinajstić information content (AvgIpc) is 3.50. The van der Waals surface area contributed by atoms with Crippen molar-refractivity contribution in [2.45, 2.75) is 6.54 Å². The molecule has 0 aliphatic carbocycles. The molecule has 9 heteroatoms. The number of benzene rings is 2. The second-order valence-corrected chi connectivity index (χ2v) is 8.14. The summed E-state index contributed by atoms with van der Waals surface area (Å²) >= 11 is 1.60. The highest BCUT2D eigenvalue weighted by atomic mass is 32.1. The lowest BCUT2D eigenvalue weighted by atomic mass is 10.2. The van der Waals surface area contributed by atoms with E-state index in [1.54, 1.807) is 17.4 Å². The van der Waals surface area contributed by atoms with Crippen molar-refractivity contribution >= 4 is 34.0 Å². The van der Waals surface area contributed by atoms with Gasteiger partial charge in [-0.1, -0.05) is 24.3 Å². The van der Waals surface area contributed by atoms with Crippen LogP contribution in [0.15, 0.2) is 83.0 Å². The van der Waals surface area contributed by atoms with E-state index in [1.165, 1.54) is 16.8 Å². The second-order valence-electron chi connectivity index (χ2n) is 7.19. The normalized spacial score (nSPS) is 10.9. The van der Waals surface area contributed by atoms with Gasteiger partial charge in [-0.15, -0.1) is 11.3 Å². The van der Waals surface area contributed by atoms with Gasteiger partial charge in [0.15, 0.2) is 0 Å². The smallest absolute Gasteiger partial charge is 0.276 e.